The lowest BCUT2D eigenvalue weighted by atomic mass is 9.67. The number of nitrogens with one attached hydrogen (secondary N) is 1. The first-order valence-corrected chi connectivity index (χ1v) is 9.59. The highest BCUT2D eigenvalue weighted by atomic mass is 16.3. The Morgan fingerprint density at radius 1 is 1.19 bits per heavy atom. The minimum atomic E-state index is -0.697. The van der Waals surface area contributed by atoms with Gasteiger partial charge < -0.3 is 10.4 Å². The molecule has 0 spiro atoms. The first-order valence-electron chi connectivity index (χ1n) is 9.59. The molecule has 0 unspecified atom stereocenters. The molecule has 2 aliphatic rings. The predicted octanol–water partition coefficient (Wildman–Crippen LogP) is 2.95. The van der Waals surface area contributed by atoms with E-state index in [1.807, 2.05) is 19.4 Å². The van der Waals surface area contributed by atoms with Crippen molar-refractivity contribution in [2.45, 2.75) is 38.3 Å². The third kappa shape index (κ3) is 3.21. The summed E-state index contributed by atoms with van der Waals surface area (Å²) in [6.07, 6.45) is 6.97. The van der Waals surface area contributed by atoms with E-state index in [2.05, 4.69) is 51.4 Å². The first kappa shape index (κ1) is 17.4. The Hall–Kier alpha value is -1.98. The van der Waals surface area contributed by atoms with Gasteiger partial charge in [0.25, 0.3) is 0 Å². The number of likely N-dealkylation sites (tertiary alicyclic amines) is 1. The lowest BCUT2D eigenvalue weighted by molar-refractivity contribution is -0.0648. The van der Waals surface area contributed by atoms with Crippen LogP contribution in [0.4, 0.5) is 5.95 Å². The number of hydrogen-bond donors (Lipinski definition) is 2. The Labute approximate surface area is 155 Å². The Bertz CT molecular complexity index is 746. The third-order valence-corrected chi connectivity index (χ3v) is 6.15. The van der Waals surface area contributed by atoms with Crippen molar-refractivity contribution in [1.29, 1.82) is 0 Å². The van der Waals surface area contributed by atoms with Crippen molar-refractivity contribution in [1.82, 2.24) is 14.9 Å². The topological polar surface area (TPSA) is 61.3 Å². The van der Waals surface area contributed by atoms with Crippen molar-refractivity contribution < 1.29 is 5.11 Å². The standard InChI is InChI=1S/C21H28N4O/c1-15-5-7-18(8-6-15)21(26)9-3-4-17-13-25(14-19(17)21)12-16-10-23-20(22-2)24-11-16/h5-8,10-11,17,19,26H,3-4,9,12-14H2,1-2H3,(H,22,23,24)/t17-,19+,21+/m1/s1. The molecule has 5 nitrogen and oxygen atoms in total. The van der Waals surface area contributed by atoms with Crippen LogP contribution in [-0.4, -0.2) is 40.1 Å². The third-order valence-electron chi connectivity index (χ3n) is 6.15. The molecular formula is C21H28N4O. The quantitative estimate of drug-likeness (QED) is 0.886. The smallest absolute Gasteiger partial charge is 0.222 e. The molecule has 1 aliphatic carbocycles. The van der Waals surface area contributed by atoms with Crippen LogP contribution in [0.1, 0.15) is 36.0 Å². The fourth-order valence-electron chi connectivity index (χ4n) is 4.77. The molecule has 2 fully saturated rings. The van der Waals surface area contributed by atoms with Crippen LogP contribution in [0, 0.1) is 18.8 Å². The van der Waals surface area contributed by atoms with Crippen LogP contribution < -0.4 is 5.32 Å². The molecule has 26 heavy (non-hydrogen) atoms. The van der Waals surface area contributed by atoms with E-state index < -0.39 is 5.60 Å². The van der Waals surface area contributed by atoms with Gasteiger partial charge in [-0.2, -0.15) is 0 Å². The van der Waals surface area contributed by atoms with E-state index >= 15 is 0 Å². The molecule has 2 N–H and O–H groups in total. The van der Waals surface area contributed by atoms with Gasteiger partial charge in [-0.15, -0.1) is 0 Å². The minimum absolute atomic E-state index is 0.302. The van der Waals surface area contributed by atoms with Crippen LogP contribution in [-0.2, 0) is 12.1 Å². The van der Waals surface area contributed by atoms with E-state index in [4.69, 9.17) is 0 Å². The maximum absolute atomic E-state index is 11.6. The fraction of sp³-hybridized carbons (Fsp3) is 0.524. The molecule has 0 bridgehead atoms. The summed E-state index contributed by atoms with van der Waals surface area (Å²) in [6, 6.07) is 8.46. The SMILES string of the molecule is CNc1ncc(CN2C[C@H]3CCC[C@](O)(c4ccc(C)cc4)[C@H]3C2)cn1. The van der Waals surface area contributed by atoms with Gasteiger partial charge in [-0.3, -0.25) is 4.90 Å². The van der Waals surface area contributed by atoms with Crippen molar-refractivity contribution in [2.75, 3.05) is 25.5 Å². The summed E-state index contributed by atoms with van der Waals surface area (Å²) >= 11 is 0. The number of aliphatic hydroxyl groups is 1. The van der Waals surface area contributed by atoms with Gasteiger partial charge in [0.15, 0.2) is 0 Å². The predicted molar refractivity (Wildman–Crippen MR) is 103 cm³/mol. The molecule has 4 rings (SSSR count). The zero-order valence-electron chi connectivity index (χ0n) is 15.7. The summed E-state index contributed by atoms with van der Waals surface area (Å²) in [5, 5.41) is 14.5. The molecule has 138 valence electrons. The molecule has 0 amide bonds. The van der Waals surface area contributed by atoms with E-state index in [9.17, 15) is 5.11 Å². The molecule has 3 atom stereocenters. The number of aromatic nitrogens is 2. The van der Waals surface area contributed by atoms with Gasteiger partial charge in [-0.05, 0) is 37.7 Å². The first-order chi connectivity index (χ1) is 12.6. The minimum Gasteiger partial charge on any atom is -0.385 e. The molecule has 2 aromatic rings. The lowest BCUT2D eigenvalue weighted by Gasteiger charge is -2.41. The Balaban J connectivity index is 1.51. The van der Waals surface area contributed by atoms with Gasteiger partial charge >= 0.3 is 0 Å². The molecule has 1 aromatic carbocycles. The summed E-state index contributed by atoms with van der Waals surface area (Å²) in [4.78, 5) is 11.1. The van der Waals surface area contributed by atoms with E-state index in [1.165, 1.54) is 12.0 Å². The van der Waals surface area contributed by atoms with E-state index in [-0.39, 0.29) is 0 Å². The van der Waals surface area contributed by atoms with Crippen molar-refractivity contribution in [2.24, 2.45) is 11.8 Å². The number of benzene rings is 1. The van der Waals surface area contributed by atoms with Crippen LogP contribution in [0.3, 0.4) is 0 Å². The number of nitrogens with zero attached hydrogens (tertiary/aromatic N) is 3. The van der Waals surface area contributed by atoms with Gasteiger partial charge in [-0.1, -0.05) is 29.8 Å². The van der Waals surface area contributed by atoms with Crippen LogP contribution >= 0.6 is 0 Å². The highest BCUT2D eigenvalue weighted by molar-refractivity contribution is 5.29. The number of hydrogen-bond acceptors (Lipinski definition) is 5. The second kappa shape index (κ2) is 6.97. The number of anilines is 1. The van der Waals surface area contributed by atoms with Crippen molar-refractivity contribution in [3.63, 3.8) is 0 Å². The van der Waals surface area contributed by atoms with Crippen LogP contribution in [0.25, 0.3) is 0 Å². The lowest BCUT2D eigenvalue weighted by Crippen LogP contribution is -2.42. The molecule has 2 heterocycles. The van der Waals surface area contributed by atoms with Gasteiger partial charge in [0.2, 0.25) is 5.95 Å². The largest absolute Gasteiger partial charge is 0.385 e. The summed E-state index contributed by atoms with van der Waals surface area (Å²) in [7, 11) is 1.83. The molecular weight excluding hydrogens is 324 g/mol. The van der Waals surface area contributed by atoms with E-state index in [0.717, 1.165) is 43.6 Å². The molecule has 0 radical (unpaired) electrons. The highest BCUT2D eigenvalue weighted by Crippen LogP contribution is 2.48. The molecule has 1 saturated heterocycles. The van der Waals surface area contributed by atoms with Crippen molar-refractivity contribution >= 4 is 5.95 Å². The maximum atomic E-state index is 11.6. The zero-order valence-corrected chi connectivity index (χ0v) is 15.7. The second-order valence-electron chi connectivity index (χ2n) is 7.91. The Morgan fingerprint density at radius 2 is 1.92 bits per heavy atom. The molecule has 1 aromatic heterocycles. The zero-order chi connectivity index (χ0) is 18.1. The highest BCUT2D eigenvalue weighted by Gasteiger charge is 2.49. The Morgan fingerprint density at radius 3 is 2.62 bits per heavy atom. The average molecular weight is 352 g/mol. The summed E-state index contributed by atoms with van der Waals surface area (Å²) in [5.41, 5.74) is 2.75. The van der Waals surface area contributed by atoms with E-state index in [0.29, 0.717) is 17.8 Å². The fourth-order valence-corrected chi connectivity index (χ4v) is 4.77. The van der Waals surface area contributed by atoms with Gasteiger partial charge in [0.05, 0.1) is 5.60 Å². The summed E-state index contributed by atoms with van der Waals surface area (Å²) in [6.45, 7) is 4.92. The monoisotopic (exact) mass is 352 g/mol. The van der Waals surface area contributed by atoms with Crippen LogP contribution in [0.15, 0.2) is 36.7 Å². The van der Waals surface area contributed by atoms with Gasteiger partial charge in [-0.25, -0.2) is 9.97 Å². The number of aryl methyl sites for hydroxylation is 1. The van der Waals surface area contributed by atoms with E-state index in [1.54, 1.807) is 0 Å². The van der Waals surface area contributed by atoms with Crippen LogP contribution in [0.2, 0.25) is 0 Å². The summed E-state index contributed by atoms with van der Waals surface area (Å²) in [5.74, 6) is 1.52. The van der Waals surface area contributed by atoms with Gasteiger partial charge in [0.1, 0.15) is 0 Å². The van der Waals surface area contributed by atoms with Crippen molar-refractivity contribution in [3.8, 4) is 0 Å². The molecule has 1 aliphatic heterocycles. The maximum Gasteiger partial charge on any atom is 0.222 e. The van der Waals surface area contributed by atoms with Crippen LogP contribution in [0.5, 0.6) is 0 Å². The molecule has 5 heteroatoms. The second-order valence-corrected chi connectivity index (χ2v) is 7.91. The number of fused-ring (bicyclic) bond motifs is 1. The summed E-state index contributed by atoms with van der Waals surface area (Å²) < 4.78 is 0. The van der Waals surface area contributed by atoms with Crippen molar-refractivity contribution in [3.05, 3.63) is 53.3 Å². The average Bonchev–Trinajstić information content (AvgIpc) is 3.07. The Kier molecular flexibility index (Phi) is 4.67. The number of rotatable bonds is 4. The van der Waals surface area contributed by atoms with Gasteiger partial charge in [0, 0.05) is 50.6 Å². The molecule has 1 saturated carbocycles. The normalized spacial score (nSPS) is 28.7.